The van der Waals surface area contributed by atoms with Crippen molar-refractivity contribution in [2.24, 2.45) is 0 Å². The lowest BCUT2D eigenvalue weighted by molar-refractivity contribution is -0.117. The standard InChI is InChI=1S/C14H20N6O2S/c1-22-10-13-17-18-14(23-13)16-12(21)9-19-6-2-4-11(19)8-20-7-3-5-15-20/h3,5,7,11H,2,4,6,8-10H2,1H3,(H,16,18,21). The fourth-order valence-electron chi connectivity index (χ4n) is 2.76. The predicted octanol–water partition coefficient (Wildman–Crippen LogP) is 0.984. The number of hydrogen-bond acceptors (Lipinski definition) is 7. The van der Waals surface area contributed by atoms with Crippen molar-refractivity contribution in [3.63, 3.8) is 0 Å². The number of nitrogens with zero attached hydrogens (tertiary/aromatic N) is 5. The fourth-order valence-corrected chi connectivity index (χ4v) is 3.49. The molecule has 1 N–H and O–H groups in total. The smallest absolute Gasteiger partial charge is 0.240 e. The van der Waals surface area contributed by atoms with Crippen molar-refractivity contribution in [3.05, 3.63) is 23.5 Å². The van der Waals surface area contributed by atoms with E-state index in [1.54, 1.807) is 13.3 Å². The number of hydrogen-bond donors (Lipinski definition) is 1. The molecule has 1 aliphatic rings. The lowest BCUT2D eigenvalue weighted by atomic mass is 10.2. The van der Waals surface area contributed by atoms with Gasteiger partial charge >= 0.3 is 0 Å². The molecule has 9 heteroatoms. The summed E-state index contributed by atoms with van der Waals surface area (Å²) >= 11 is 1.34. The monoisotopic (exact) mass is 336 g/mol. The molecule has 23 heavy (non-hydrogen) atoms. The van der Waals surface area contributed by atoms with Gasteiger partial charge in [0.1, 0.15) is 11.6 Å². The van der Waals surface area contributed by atoms with Gasteiger partial charge in [-0.1, -0.05) is 11.3 Å². The van der Waals surface area contributed by atoms with Gasteiger partial charge in [0.05, 0.1) is 13.1 Å². The molecule has 0 aliphatic carbocycles. The average Bonchev–Trinajstić information content (AvgIpc) is 3.25. The van der Waals surface area contributed by atoms with Gasteiger partial charge in [0.25, 0.3) is 0 Å². The number of rotatable bonds is 7. The second-order valence-electron chi connectivity index (χ2n) is 5.48. The lowest BCUT2D eigenvalue weighted by Gasteiger charge is -2.23. The number of ether oxygens (including phenoxy) is 1. The predicted molar refractivity (Wildman–Crippen MR) is 86.1 cm³/mol. The van der Waals surface area contributed by atoms with Crippen molar-refractivity contribution >= 4 is 22.4 Å². The summed E-state index contributed by atoms with van der Waals surface area (Å²) in [6, 6.07) is 2.26. The molecule has 3 heterocycles. The van der Waals surface area contributed by atoms with Crippen molar-refractivity contribution in [1.29, 1.82) is 0 Å². The molecule has 0 saturated carbocycles. The Labute approximate surface area is 138 Å². The van der Waals surface area contributed by atoms with Crippen LogP contribution < -0.4 is 5.32 Å². The van der Waals surface area contributed by atoms with Crippen LogP contribution in [0.25, 0.3) is 0 Å². The third kappa shape index (κ3) is 4.34. The summed E-state index contributed by atoms with van der Waals surface area (Å²) in [6.07, 6.45) is 5.92. The third-order valence-corrected chi connectivity index (χ3v) is 4.60. The number of anilines is 1. The highest BCUT2D eigenvalue weighted by molar-refractivity contribution is 7.15. The number of carbonyl (C=O) groups is 1. The van der Waals surface area contributed by atoms with Crippen LogP contribution in [-0.2, 0) is 22.7 Å². The zero-order chi connectivity index (χ0) is 16.1. The number of methoxy groups -OCH3 is 1. The van der Waals surface area contributed by atoms with Crippen molar-refractivity contribution in [2.75, 3.05) is 25.5 Å². The highest BCUT2D eigenvalue weighted by Crippen LogP contribution is 2.19. The Morgan fingerprint density at radius 2 is 2.43 bits per heavy atom. The van der Waals surface area contributed by atoms with E-state index in [-0.39, 0.29) is 5.91 Å². The maximum absolute atomic E-state index is 12.2. The molecule has 1 fully saturated rings. The number of aromatic nitrogens is 4. The molecule has 2 aromatic rings. The van der Waals surface area contributed by atoms with E-state index in [2.05, 4.69) is 25.5 Å². The van der Waals surface area contributed by atoms with Crippen molar-refractivity contribution < 1.29 is 9.53 Å². The van der Waals surface area contributed by atoms with E-state index in [1.807, 2.05) is 16.9 Å². The van der Waals surface area contributed by atoms with E-state index in [4.69, 9.17) is 4.74 Å². The molecule has 1 aliphatic heterocycles. The normalized spacial score (nSPS) is 18.4. The molecular weight excluding hydrogens is 316 g/mol. The van der Waals surface area contributed by atoms with Gasteiger partial charge in [-0.15, -0.1) is 10.2 Å². The van der Waals surface area contributed by atoms with Crippen LogP contribution in [0.3, 0.4) is 0 Å². The van der Waals surface area contributed by atoms with Gasteiger partial charge in [-0.2, -0.15) is 5.10 Å². The summed E-state index contributed by atoms with van der Waals surface area (Å²) in [5, 5.41) is 16.2. The zero-order valence-corrected chi connectivity index (χ0v) is 13.8. The Morgan fingerprint density at radius 1 is 1.52 bits per heavy atom. The summed E-state index contributed by atoms with van der Waals surface area (Å²) in [4.78, 5) is 14.4. The Kier molecular flexibility index (Phi) is 5.31. The number of likely N-dealkylation sites (tertiary alicyclic amines) is 1. The van der Waals surface area contributed by atoms with E-state index in [0.717, 1.165) is 30.9 Å². The first-order valence-corrected chi connectivity index (χ1v) is 8.39. The molecule has 1 amide bonds. The summed E-state index contributed by atoms with van der Waals surface area (Å²) in [5.41, 5.74) is 0. The summed E-state index contributed by atoms with van der Waals surface area (Å²) in [7, 11) is 1.60. The molecule has 0 radical (unpaired) electrons. The summed E-state index contributed by atoms with van der Waals surface area (Å²) < 4.78 is 6.92. The Hall–Kier alpha value is -1.84. The van der Waals surface area contributed by atoms with Crippen LogP contribution in [0.5, 0.6) is 0 Å². The third-order valence-electron chi connectivity index (χ3n) is 3.78. The SMILES string of the molecule is COCc1nnc(NC(=O)CN2CCCC2Cn2cccn2)s1. The molecule has 124 valence electrons. The molecule has 0 aromatic carbocycles. The largest absolute Gasteiger partial charge is 0.377 e. The first-order valence-electron chi connectivity index (χ1n) is 7.57. The average molecular weight is 336 g/mol. The highest BCUT2D eigenvalue weighted by Gasteiger charge is 2.26. The molecule has 0 spiro atoms. The number of nitrogens with one attached hydrogen (secondary N) is 1. The van der Waals surface area contributed by atoms with Gasteiger partial charge in [0, 0.05) is 25.5 Å². The Morgan fingerprint density at radius 3 is 3.22 bits per heavy atom. The number of carbonyl (C=O) groups excluding carboxylic acids is 1. The first-order chi connectivity index (χ1) is 11.2. The second kappa shape index (κ2) is 7.62. The maximum Gasteiger partial charge on any atom is 0.240 e. The Bertz CT molecular complexity index is 629. The summed E-state index contributed by atoms with van der Waals surface area (Å²) in [6.45, 7) is 2.53. The van der Waals surface area contributed by atoms with E-state index in [1.165, 1.54) is 11.3 Å². The number of amides is 1. The van der Waals surface area contributed by atoms with Crippen LogP contribution in [0.4, 0.5) is 5.13 Å². The topological polar surface area (TPSA) is 85.2 Å². The lowest BCUT2D eigenvalue weighted by Crippen LogP contribution is -2.39. The maximum atomic E-state index is 12.2. The van der Waals surface area contributed by atoms with E-state index in [0.29, 0.717) is 24.3 Å². The summed E-state index contributed by atoms with van der Waals surface area (Å²) in [5.74, 6) is -0.0579. The van der Waals surface area contributed by atoms with Crippen LogP contribution in [0, 0.1) is 0 Å². The van der Waals surface area contributed by atoms with Gasteiger partial charge in [-0.3, -0.25) is 19.7 Å². The van der Waals surface area contributed by atoms with Gasteiger partial charge in [-0.25, -0.2) is 0 Å². The van der Waals surface area contributed by atoms with Gasteiger partial charge in [0.15, 0.2) is 0 Å². The van der Waals surface area contributed by atoms with Crippen molar-refractivity contribution in [3.8, 4) is 0 Å². The minimum atomic E-state index is -0.0579. The van der Waals surface area contributed by atoms with E-state index >= 15 is 0 Å². The molecule has 2 aromatic heterocycles. The van der Waals surface area contributed by atoms with E-state index in [9.17, 15) is 4.79 Å². The van der Waals surface area contributed by atoms with Crippen LogP contribution >= 0.6 is 11.3 Å². The molecule has 0 bridgehead atoms. The molecular formula is C14H20N6O2S. The molecule has 1 atom stereocenters. The zero-order valence-electron chi connectivity index (χ0n) is 13.0. The molecule has 1 saturated heterocycles. The first kappa shape index (κ1) is 16.0. The van der Waals surface area contributed by atoms with Crippen LogP contribution in [-0.4, -0.2) is 57.0 Å². The minimum Gasteiger partial charge on any atom is -0.377 e. The second-order valence-corrected chi connectivity index (χ2v) is 6.54. The van der Waals surface area contributed by atoms with Gasteiger partial charge < -0.3 is 4.74 Å². The van der Waals surface area contributed by atoms with Gasteiger partial charge in [-0.05, 0) is 25.5 Å². The Balaban J connectivity index is 1.51. The molecule has 1 unspecified atom stereocenters. The quantitative estimate of drug-likeness (QED) is 0.811. The van der Waals surface area contributed by atoms with Crippen LogP contribution in [0.2, 0.25) is 0 Å². The minimum absolute atomic E-state index is 0.0579. The van der Waals surface area contributed by atoms with Crippen LogP contribution in [0.15, 0.2) is 18.5 Å². The molecule has 3 rings (SSSR count). The molecule has 8 nitrogen and oxygen atoms in total. The highest BCUT2D eigenvalue weighted by atomic mass is 32.1. The van der Waals surface area contributed by atoms with Crippen molar-refractivity contribution in [1.82, 2.24) is 24.9 Å². The van der Waals surface area contributed by atoms with Crippen molar-refractivity contribution in [2.45, 2.75) is 32.0 Å². The van der Waals surface area contributed by atoms with Crippen LogP contribution in [0.1, 0.15) is 17.8 Å². The fraction of sp³-hybridized carbons (Fsp3) is 0.571. The van der Waals surface area contributed by atoms with E-state index < -0.39 is 0 Å². The van der Waals surface area contributed by atoms with Gasteiger partial charge in [0.2, 0.25) is 11.0 Å².